The van der Waals surface area contributed by atoms with E-state index in [1.165, 1.54) is 6.92 Å². The first kappa shape index (κ1) is 15.3. The molecule has 0 radical (unpaired) electrons. The number of carbonyl (C=O) groups excluding carboxylic acids is 3. The van der Waals surface area contributed by atoms with E-state index < -0.39 is 11.6 Å². The van der Waals surface area contributed by atoms with Crippen LogP contribution >= 0.6 is 0 Å². The number of aryl methyl sites for hydroxylation is 2. The van der Waals surface area contributed by atoms with Crippen molar-refractivity contribution in [3.63, 3.8) is 0 Å². The van der Waals surface area contributed by atoms with Gasteiger partial charge in [-0.25, -0.2) is 0 Å². The van der Waals surface area contributed by atoms with Gasteiger partial charge in [-0.2, -0.15) is 0 Å². The van der Waals surface area contributed by atoms with Crippen LogP contribution in [0, 0.1) is 6.92 Å². The molecular weight excluding hydrogens is 218 g/mol. The number of Topliss-reactive ketones (excluding diaryl/α,β-unsaturated/α-hetero) is 3. The molecule has 0 aliphatic carbocycles. The van der Waals surface area contributed by atoms with E-state index in [1.54, 1.807) is 16.8 Å². The van der Waals surface area contributed by atoms with Gasteiger partial charge >= 0.3 is 0 Å². The molecule has 0 saturated carbocycles. The van der Waals surface area contributed by atoms with Crippen molar-refractivity contribution in [3.8, 4) is 0 Å². The van der Waals surface area contributed by atoms with E-state index in [1.807, 2.05) is 27.8 Å². The van der Waals surface area contributed by atoms with Crippen LogP contribution in [0.15, 0.2) is 12.3 Å². The minimum Gasteiger partial charge on any atom is -0.354 e. The smallest absolute Gasteiger partial charge is 0.205 e. The first-order valence-electron chi connectivity index (χ1n) is 5.61. The third-order valence-electron chi connectivity index (χ3n) is 2.29. The molecule has 4 heteroatoms. The SMILES string of the molecule is CC.CC(=O)C(=O)CC(=O)c1cc(C)n(C)c1. The number of aromatic nitrogens is 1. The summed E-state index contributed by atoms with van der Waals surface area (Å²) in [7, 11) is 1.82. The van der Waals surface area contributed by atoms with Crippen LogP contribution in [0.3, 0.4) is 0 Å². The van der Waals surface area contributed by atoms with Crippen molar-refractivity contribution in [2.24, 2.45) is 7.05 Å². The van der Waals surface area contributed by atoms with Gasteiger partial charge in [0.25, 0.3) is 0 Å². The average molecular weight is 237 g/mol. The minimum absolute atomic E-state index is 0.307. The molecule has 0 aliphatic heterocycles. The molecule has 0 atom stereocenters. The zero-order valence-electron chi connectivity index (χ0n) is 11.0. The molecule has 0 saturated heterocycles. The summed E-state index contributed by atoms with van der Waals surface area (Å²) in [5, 5.41) is 0. The minimum atomic E-state index is -0.637. The molecule has 0 bridgehead atoms. The third-order valence-corrected chi connectivity index (χ3v) is 2.29. The fourth-order valence-electron chi connectivity index (χ4n) is 1.20. The second-order valence-corrected chi connectivity index (χ2v) is 3.56. The predicted molar refractivity (Wildman–Crippen MR) is 66.1 cm³/mol. The highest BCUT2D eigenvalue weighted by atomic mass is 16.2. The van der Waals surface area contributed by atoms with Gasteiger partial charge in [0.2, 0.25) is 5.78 Å². The molecule has 94 valence electrons. The number of carbonyl (C=O) groups is 3. The highest BCUT2D eigenvalue weighted by molar-refractivity contribution is 6.40. The van der Waals surface area contributed by atoms with E-state index in [0.29, 0.717) is 5.56 Å². The molecule has 1 aromatic heterocycles. The second-order valence-electron chi connectivity index (χ2n) is 3.56. The molecule has 0 spiro atoms. The number of rotatable bonds is 4. The zero-order valence-corrected chi connectivity index (χ0v) is 11.0. The Labute approximate surface area is 102 Å². The van der Waals surface area contributed by atoms with Crippen LogP contribution in [0.2, 0.25) is 0 Å². The second kappa shape index (κ2) is 6.78. The molecule has 0 fully saturated rings. The number of ketones is 3. The van der Waals surface area contributed by atoms with Crippen LogP contribution in [0.25, 0.3) is 0 Å². The summed E-state index contributed by atoms with van der Waals surface area (Å²) in [6.45, 7) is 7.04. The summed E-state index contributed by atoms with van der Waals surface area (Å²) >= 11 is 0. The topological polar surface area (TPSA) is 56.1 Å². The Balaban J connectivity index is 0.00000121. The van der Waals surface area contributed by atoms with Gasteiger partial charge in [0, 0.05) is 31.4 Å². The lowest BCUT2D eigenvalue weighted by Gasteiger charge is -1.94. The maximum absolute atomic E-state index is 11.5. The van der Waals surface area contributed by atoms with Crippen molar-refractivity contribution in [3.05, 3.63) is 23.5 Å². The van der Waals surface area contributed by atoms with E-state index in [-0.39, 0.29) is 12.2 Å². The van der Waals surface area contributed by atoms with Gasteiger partial charge in [0.15, 0.2) is 11.6 Å². The molecule has 0 unspecified atom stereocenters. The van der Waals surface area contributed by atoms with Gasteiger partial charge in [0.1, 0.15) is 0 Å². The molecule has 1 aromatic rings. The van der Waals surface area contributed by atoms with Crippen LogP contribution in [-0.4, -0.2) is 21.9 Å². The molecule has 4 nitrogen and oxygen atoms in total. The lowest BCUT2D eigenvalue weighted by Crippen LogP contribution is -2.14. The van der Waals surface area contributed by atoms with Crippen LogP contribution in [0.4, 0.5) is 0 Å². The van der Waals surface area contributed by atoms with Gasteiger partial charge < -0.3 is 4.57 Å². The molecule has 1 heterocycles. The Kier molecular flexibility index (Phi) is 6.10. The lowest BCUT2D eigenvalue weighted by atomic mass is 10.1. The molecule has 0 aliphatic rings. The molecule has 0 amide bonds. The maximum atomic E-state index is 11.5. The van der Waals surface area contributed by atoms with Crippen LogP contribution in [0.5, 0.6) is 0 Å². The Hall–Kier alpha value is -1.71. The summed E-state index contributed by atoms with van der Waals surface area (Å²) in [6.07, 6.45) is 1.32. The van der Waals surface area contributed by atoms with E-state index in [9.17, 15) is 14.4 Å². The Morgan fingerprint density at radius 3 is 2.12 bits per heavy atom. The fraction of sp³-hybridized carbons (Fsp3) is 0.462. The Morgan fingerprint density at radius 1 is 1.24 bits per heavy atom. The fourth-order valence-corrected chi connectivity index (χ4v) is 1.20. The summed E-state index contributed by atoms with van der Waals surface area (Å²) in [4.78, 5) is 33.3. The first-order valence-corrected chi connectivity index (χ1v) is 5.61. The predicted octanol–water partition coefficient (Wildman–Crippen LogP) is 2.09. The molecule has 1 rings (SSSR count). The van der Waals surface area contributed by atoms with Gasteiger partial charge in [-0.3, -0.25) is 14.4 Å². The molecular formula is C13H19NO3. The average Bonchev–Trinajstić information content (AvgIpc) is 2.62. The van der Waals surface area contributed by atoms with Gasteiger partial charge in [-0.05, 0) is 13.0 Å². The standard InChI is InChI=1S/C11H13NO3.C2H6/c1-7-4-9(6-12(7)3)11(15)5-10(14)8(2)13;1-2/h4,6H,5H2,1-3H3;1-2H3. The zero-order chi connectivity index (χ0) is 13.6. The van der Waals surface area contributed by atoms with Crippen molar-refractivity contribution in [1.82, 2.24) is 4.57 Å². The Morgan fingerprint density at radius 2 is 1.76 bits per heavy atom. The monoisotopic (exact) mass is 237 g/mol. The lowest BCUT2D eigenvalue weighted by molar-refractivity contribution is -0.134. The summed E-state index contributed by atoms with van der Waals surface area (Å²) < 4.78 is 1.80. The van der Waals surface area contributed by atoms with Crippen molar-refractivity contribution in [2.75, 3.05) is 0 Å². The third kappa shape index (κ3) is 4.34. The normalized spacial score (nSPS) is 9.24. The molecule has 17 heavy (non-hydrogen) atoms. The van der Waals surface area contributed by atoms with Crippen LogP contribution in [0.1, 0.15) is 43.2 Å². The highest BCUT2D eigenvalue weighted by Crippen LogP contribution is 2.08. The molecule has 0 aromatic carbocycles. The van der Waals surface area contributed by atoms with Crippen molar-refractivity contribution in [1.29, 1.82) is 0 Å². The summed E-state index contributed by atoms with van der Waals surface area (Å²) in [5.41, 5.74) is 1.42. The summed E-state index contributed by atoms with van der Waals surface area (Å²) in [6, 6.07) is 1.70. The Bertz CT molecular complexity index is 410. The number of nitrogens with zero attached hydrogens (tertiary/aromatic N) is 1. The van der Waals surface area contributed by atoms with E-state index >= 15 is 0 Å². The van der Waals surface area contributed by atoms with E-state index in [0.717, 1.165) is 5.69 Å². The van der Waals surface area contributed by atoms with Crippen molar-refractivity contribution < 1.29 is 14.4 Å². The van der Waals surface area contributed by atoms with Crippen molar-refractivity contribution in [2.45, 2.75) is 34.1 Å². The van der Waals surface area contributed by atoms with E-state index in [4.69, 9.17) is 0 Å². The number of hydrogen-bond acceptors (Lipinski definition) is 3. The van der Waals surface area contributed by atoms with Crippen molar-refractivity contribution >= 4 is 17.3 Å². The van der Waals surface area contributed by atoms with Crippen LogP contribution in [-0.2, 0) is 16.6 Å². The first-order chi connectivity index (χ1) is 7.91. The maximum Gasteiger partial charge on any atom is 0.205 e. The number of hydrogen-bond donors (Lipinski definition) is 0. The van der Waals surface area contributed by atoms with Gasteiger partial charge in [-0.1, -0.05) is 13.8 Å². The van der Waals surface area contributed by atoms with Gasteiger partial charge in [0.05, 0.1) is 6.42 Å². The molecule has 0 N–H and O–H groups in total. The summed E-state index contributed by atoms with van der Waals surface area (Å²) in [5.74, 6) is -1.52. The largest absolute Gasteiger partial charge is 0.354 e. The van der Waals surface area contributed by atoms with Crippen LogP contribution < -0.4 is 0 Å². The van der Waals surface area contributed by atoms with Gasteiger partial charge in [-0.15, -0.1) is 0 Å². The van der Waals surface area contributed by atoms with E-state index in [2.05, 4.69) is 0 Å². The highest BCUT2D eigenvalue weighted by Gasteiger charge is 2.16. The quantitative estimate of drug-likeness (QED) is 0.457.